The van der Waals surface area contributed by atoms with E-state index in [0.717, 1.165) is 31.2 Å². The van der Waals surface area contributed by atoms with E-state index in [1.54, 1.807) is 18.3 Å². The predicted octanol–water partition coefficient (Wildman–Crippen LogP) is 5.48. The maximum Gasteiger partial charge on any atom is 0.322 e. The highest BCUT2D eigenvalue weighted by atomic mass is 19.1. The van der Waals surface area contributed by atoms with Gasteiger partial charge in [0.25, 0.3) is 0 Å². The van der Waals surface area contributed by atoms with Crippen molar-refractivity contribution < 1.29 is 14.0 Å². The fourth-order valence-electron chi connectivity index (χ4n) is 4.58. The molecule has 2 heterocycles. The van der Waals surface area contributed by atoms with Crippen molar-refractivity contribution >= 4 is 17.6 Å². The van der Waals surface area contributed by atoms with E-state index in [2.05, 4.69) is 31.1 Å². The number of halogens is 1. The highest BCUT2D eigenvalue weighted by Gasteiger charge is 2.37. The van der Waals surface area contributed by atoms with E-state index < -0.39 is 0 Å². The zero-order valence-electron chi connectivity index (χ0n) is 20.6. The molecule has 34 heavy (non-hydrogen) atoms. The van der Waals surface area contributed by atoms with Gasteiger partial charge >= 0.3 is 6.03 Å². The summed E-state index contributed by atoms with van der Waals surface area (Å²) in [7, 11) is 0. The van der Waals surface area contributed by atoms with Crippen molar-refractivity contribution in [3.8, 4) is 11.3 Å². The Morgan fingerprint density at radius 2 is 1.82 bits per heavy atom. The highest BCUT2D eigenvalue weighted by molar-refractivity contribution is 5.89. The van der Waals surface area contributed by atoms with Crippen LogP contribution in [0.4, 0.5) is 14.9 Å². The largest absolute Gasteiger partial charge is 0.342 e. The van der Waals surface area contributed by atoms with Crippen LogP contribution in [0.1, 0.15) is 52.0 Å². The van der Waals surface area contributed by atoms with Gasteiger partial charge in [-0.25, -0.2) is 9.18 Å². The van der Waals surface area contributed by atoms with Gasteiger partial charge < -0.3 is 15.1 Å². The van der Waals surface area contributed by atoms with Gasteiger partial charge in [-0.15, -0.1) is 0 Å². The molecule has 0 unspecified atom stereocenters. The summed E-state index contributed by atoms with van der Waals surface area (Å²) < 4.78 is 13.8. The Balaban J connectivity index is 1.43. The van der Waals surface area contributed by atoms with Gasteiger partial charge in [0.05, 0.1) is 17.6 Å². The molecule has 0 bridgehead atoms. The number of nitrogens with zero attached hydrogens (tertiary/aromatic N) is 3. The topological polar surface area (TPSA) is 65.5 Å². The molecule has 182 valence electrons. The number of pyridine rings is 1. The molecule has 1 aromatic carbocycles. The minimum atomic E-state index is -0.295. The zero-order valence-corrected chi connectivity index (χ0v) is 20.6. The minimum absolute atomic E-state index is 0.0599. The van der Waals surface area contributed by atoms with Crippen LogP contribution in [0, 0.1) is 24.1 Å². The van der Waals surface area contributed by atoms with Crippen LogP contribution in [0.3, 0.4) is 0 Å². The SMILES string of the molecule is Cc1cc(F)cc(-c2ccc(NC(=O)N(CC(C)(C)C)C3CCN(C(=O)C4CC4)CC3)cn2)c1. The summed E-state index contributed by atoms with van der Waals surface area (Å²) in [6.45, 7) is 10.2. The van der Waals surface area contributed by atoms with Crippen LogP contribution in [0.25, 0.3) is 11.3 Å². The monoisotopic (exact) mass is 466 g/mol. The van der Waals surface area contributed by atoms with Crippen molar-refractivity contribution in [2.45, 2.75) is 59.4 Å². The summed E-state index contributed by atoms with van der Waals surface area (Å²) in [5.41, 5.74) is 2.73. The van der Waals surface area contributed by atoms with Gasteiger partial charge in [0, 0.05) is 37.2 Å². The highest BCUT2D eigenvalue weighted by Crippen LogP contribution is 2.33. The van der Waals surface area contributed by atoms with E-state index in [4.69, 9.17) is 0 Å². The summed E-state index contributed by atoms with van der Waals surface area (Å²) in [6, 6.07) is 8.34. The number of carbonyl (C=O) groups is 2. The van der Waals surface area contributed by atoms with E-state index in [-0.39, 0.29) is 35.1 Å². The Hall–Kier alpha value is -2.96. The Bertz CT molecular complexity index is 1020. The molecule has 1 aromatic heterocycles. The third-order valence-electron chi connectivity index (χ3n) is 6.40. The number of urea groups is 1. The number of aromatic nitrogens is 1. The standard InChI is InChI=1S/C27H35FN4O2/c1-18-13-20(15-21(28)14-18)24-8-7-22(16-29-24)30-26(34)32(17-27(2,3)4)23-9-11-31(12-10-23)25(33)19-5-6-19/h7-8,13-16,19,23H,5-6,9-12,17H2,1-4H3,(H,30,34). The number of piperidine rings is 1. The second-order valence-corrected chi connectivity index (χ2v) is 10.9. The van der Waals surface area contributed by atoms with Crippen molar-refractivity contribution in [2.24, 2.45) is 11.3 Å². The first kappa shape index (κ1) is 24.2. The first-order chi connectivity index (χ1) is 16.1. The third kappa shape index (κ3) is 6.13. The maximum absolute atomic E-state index is 13.8. The lowest BCUT2D eigenvalue weighted by molar-refractivity contribution is -0.134. The van der Waals surface area contributed by atoms with Crippen molar-refractivity contribution in [3.63, 3.8) is 0 Å². The lowest BCUT2D eigenvalue weighted by atomic mass is 9.93. The van der Waals surface area contributed by atoms with E-state index in [0.29, 0.717) is 36.6 Å². The molecule has 0 atom stereocenters. The molecule has 0 spiro atoms. The van der Waals surface area contributed by atoms with Gasteiger partial charge in [-0.05, 0) is 73.9 Å². The number of carbonyl (C=O) groups excluding carboxylic acids is 2. The fourth-order valence-corrected chi connectivity index (χ4v) is 4.58. The number of anilines is 1. The number of hydrogen-bond acceptors (Lipinski definition) is 3. The van der Waals surface area contributed by atoms with Crippen molar-refractivity contribution in [1.82, 2.24) is 14.8 Å². The molecule has 1 N–H and O–H groups in total. The molecule has 1 aliphatic carbocycles. The Morgan fingerprint density at radius 1 is 1.12 bits per heavy atom. The van der Waals surface area contributed by atoms with Crippen LogP contribution in [0.15, 0.2) is 36.5 Å². The number of rotatable bonds is 5. The molecule has 2 aliphatic rings. The number of hydrogen-bond donors (Lipinski definition) is 1. The normalized spacial score (nSPS) is 16.9. The molecule has 1 aliphatic heterocycles. The number of nitrogens with one attached hydrogen (secondary N) is 1. The Labute approximate surface area is 201 Å². The van der Waals surface area contributed by atoms with E-state index >= 15 is 0 Å². The second kappa shape index (κ2) is 9.72. The number of benzene rings is 1. The smallest absolute Gasteiger partial charge is 0.322 e. The summed E-state index contributed by atoms with van der Waals surface area (Å²) >= 11 is 0. The number of amides is 3. The quantitative estimate of drug-likeness (QED) is 0.635. The fraction of sp³-hybridized carbons (Fsp3) is 0.519. The average molecular weight is 467 g/mol. The molecule has 4 rings (SSSR count). The van der Waals surface area contributed by atoms with Gasteiger partial charge in [0.2, 0.25) is 5.91 Å². The molecule has 1 saturated heterocycles. The van der Waals surface area contributed by atoms with Crippen LogP contribution in [0.5, 0.6) is 0 Å². The maximum atomic E-state index is 13.8. The lowest BCUT2D eigenvalue weighted by Gasteiger charge is -2.41. The lowest BCUT2D eigenvalue weighted by Crippen LogP contribution is -2.52. The summed E-state index contributed by atoms with van der Waals surface area (Å²) in [6.07, 6.45) is 5.22. The predicted molar refractivity (Wildman–Crippen MR) is 132 cm³/mol. The average Bonchev–Trinajstić information content (AvgIpc) is 3.62. The number of aryl methyl sites for hydroxylation is 1. The summed E-state index contributed by atoms with van der Waals surface area (Å²) in [5.74, 6) is 0.221. The van der Waals surface area contributed by atoms with Crippen LogP contribution in [0.2, 0.25) is 0 Å². The van der Waals surface area contributed by atoms with Gasteiger partial charge in [0.1, 0.15) is 5.82 Å². The van der Waals surface area contributed by atoms with E-state index in [1.807, 2.05) is 22.8 Å². The Morgan fingerprint density at radius 3 is 2.38 bits per heavy atom. The minimum Gasteiger partial charge on any atom is -0.342 e. The first-order valence-electron chi connectivity index (χ1n) is 12.2. The molecular weight excluding hydrogens is 431 g/mol. The van der Waals surface area contributed by atoms with Crippen molar-refractivity contribution in [1.29, 1.82) is 0 Å². The number of likely N-dealkylation sites (tertiary alicyclic amines) is 1. The third-order valence-corrected chi connectivity index (χ3v) is 6.40. The van der Waals surface area contributed by atoms with Gasteiger partial charge in [-0.1, -0.05) is 20.8 Å². The van der Waals surface area contributed by atoms with Crippen LogP contribution in [-0.4, -0.2) is 52.4 Å². The molecule has 1 saturated carbocycles. The molecule has 2 fully saturated rings. The molecular formula is C27H35FN4O2. The van der Waals surface area contributed by atoms with Crippen LogP contribution in [-0.2, 0) is 4.79 Å². The molecule has 6 nitrogen and oxygen atoms in total. The van der Waals surface area contributed by atoms with E-state index in [9.17, 15) is 14.0 Å². The molecule has 0 radical (unpaired) electrons. The van der Waals surface area contributed by atoms with Gasteiger partial charge in [-0.3, -0.25) is 9.78 Å². The van der Waals surface area contributed by atoms with Gasteiger partial charge in [-0.2, -0.15) is 0 Å². The van der Waals surface area contributed by atoms with E-state index in [1.165, 1.54) is 12.1 Å². The van der Waals surface area contributed by atoms with Crippen molar-refractivity contribution in [3.05, 3.63) is 47.9 Å². The summed E-state index contributed by atoms with van der Waals surface area (Å²) in [5, 5.41) is 3.00. The van der Waals surface area contributed by atoms with Crippen LogP contribution < -0.4 is 5.32 Å². The zero-order chi connectivity index (χ0) is 24.5. The molecule has 7 heteroatoms. The molecule has 2 aromatic rings. The van der Waals surface area contributed by atoms with Crippen LogP contribution >= 0.6 is 0 Å². The summed E-state index contributed by atoms with van der Waals surface area (Å²) in [4.78, 5) is 34.1. The Kier molecular flexibility index (Phi) is 6.91. The first-order valence-corrected chi connectivity index (χ1v) is 12.2. The second-order valence-electron chi connectivity index (χ2n) is 10.9. The van der Waals surface area contributed by atoms with Crippen molar-refractivity contribution in [2.75, 3.05) is 25.0 Å². The molecule has 3 amide bonds. The van der Waals surface area contributed by atoms with Gasteiger partial charge in [0.15, 0.2) is 0 Å².